The molecular weight excluding hydrogens is 253 g/mol. The lowest BCUT2D eigenvalue weighted by Gasteiger charge is -2.20. The molecule has 1 aromatic carbocycles. The van der Waals surface area contributed by atoms with Crippen molar-refractivity contribution in [3.8, 4) is 0 Å². The maximum atomic E-state index is 13.2. The first kappa shape index (κ1) is 14.5. The lowest BCUT2D eigenvalue weighted by atomic mass is 10.1. The number of nitrogens with zero attached hydrogens (tertiary/aromatic N) is 2. The van der Waals surface area contributed by atoms with E-state index in [1.807, 2.05) is 43.3 Å². The molecule has 2 rings (SSSR count). The van der Waals surface area contributed by atoms with E-state index in [2.05, 4.69) is 4.98 Å². The molecule has 0 amide bonds. The molecule has 0 radical (unpaired) electrons. The van der Waals surface area contributed by atoms with E-state index in [0.29, 0.717) is 6.54 Å². The second kappa shape index (κ2) is 6.48. The molecule has 0 aliphatic carbocycles. The van der Waals surface area contributed by atoms with Gasteiger partial charge in [0.1, 0.15) is 5.82 Å². The third kappa shape index (κ3) is 3.54. The van der Waals surface area contributed by atoms with Crippen LogP contribution in [0.3, 0.4) is 0 Å². The molecule has 0 spiro atoms. The van der Waals surface area contributed by atoms with Gasteiger partial charge in [0, 0.05) is 19.6 Å². The second-order valence-corrected chi connectivity index (χ2v) is 4.94. The number of hydrogen-bond donors (Lipinski definition) is 1. The Labute approximate surface area is 119 Å². The quantitative estimate of drug-likeness (QED) is 0.909. The molecule has 106 valence electrons. The highest BCUT2D eigenvalue weighted by molar-refractivity contribution is 5.44. The van der Waals surface area contributed by atoms with Crippen molar-refractivity contribution in [3.05, 3.63) is 59.7 Å². The van der Waals surface area contributed by atoms with E-state index < -0.39 is 0 Å². The van der Waals surface area contributed by atoms with Gasteiger partial charge >= 0.3 is 0 Å². The summed E-state index contributed by atoms with van der Waals surface area (Å²) in [5, 5.41) is 0. The predicted molar refractivity (Wildman–Crippen MR) is 80.0 cm³/mol. The lowest BCUT2D eigenvalue weighted by Crippen LogP contribution is -2.17. The Bertz CT molecular complexity index is 554. The van der Waals surface area contributed by atoms with Crippen LogP contribution >= 0.6 is 0 Å². The zero-order valence-corrected chi connectivity index (χ0v) is 11.9. The summed E-state index contributed by atoms with van der Waals surface area (Å²) in [5.74, 6) is -0.210. The van der Waals surface area contributed by atoms with Gasteiger partial charge in [-0.15, -0.1) is 0 Å². The minimum Gasteiger partial charge on any atom is -0.369 e. The van der Waals surface area contributed by atoms with Crippen LogP contribution in [0.2, 0.25) is 0 Å². The van der Waals surface area contributed by atoms with Gasteiger partial charge < -0.3 is 10.6 Å². The van der Waals surface area contributed by atoms with Crippen molar-refractivity contribution in [2.24, 2.45) is 5.73 Å². The summed E-state index contributed by atoms with van der Waals surface area (Å²) in [4.78, 5) is 6.42. The van der Waals surface area contributed by atoms with Gasteiger partial charge in [0.05, 0.1) is 17.6 Å². The fourth-order valence-electron chi connectivity index (χ4n) is 2.05. The molecule has 0 fully saturated rings. The summed E-state index contributed by atoms with van der Waals surface area (Å²) in [6, 6.07) is 10.6. The molecule has 3 nitrogen and oxygen atoms in total. The maximum Gasteiger partial charge on any atom is 0.123 e. The number of benzene rings is 1. The van der Waals surface area contributed by atoms with Crippen molar-refractivity contribution in [3.63, 3.8) is 0 Å². The van der Waals surface area contributed by atoms with E-state index in [-0.39, 0.29) is 11.9 Å². The first-order valence-corrected chi connectivity index (χ1v) is 6.77. The Morgan fingerprint density at radius 3 is 2.70 bits per heavy atom. The second-order valence-electron chi connectivity index (χ2n) is 4.94. The van der Waals surface area contributed by atoms with Gasteiger partial charge in [0.2, 0.25) is 0 Å². The van der Waals surface area contributed by atoms with Crippen molar-refractivity contribution < 1.29 is 4.39 Å². The SMILES string of the molecule is CC[C@@H](N)c1ccc(N(C)Cc2cccc(F)c2)cn1. The van der Waals surface area contributed by atoms with Crippen LogP contribution in [0, 0.1) is 5.82 Å². The highest BCUT2D eigenvalue weighted by atomic mass is 19.1. The van der Waals surface area contributed by atoms with E-state index >= 15 is 0 Å². The summed E-state index contributed by atoms with van der Waals surface area (Å²) >= 11 is 0. The van der Waals surface area contributed by atoms with Gasteiger partial charge in [-0.1, -0.05) is 19.1 Å². The molecule has 0 bridgehead atoms. The Kier molecular flexibility index (Phi) is 4.69. The van der Waals surface area contributed by atoms with Crippen LogP contribution in [0.5, 0.6) is 0 Å². The van der Waals surface area contributed by atoms with Crippen molar-refractivity contribution in [2.75, 3.05) is 11.9 Å². The van der Waals surface area contributed by atoms with Crippen molar-refractivity contribution >= 4 is 5.69 Å². The van der Waals surface area contributed by atoms with E-state index in [9.17, 15) is 4.39 Å². The first-order valence-electron chi connectivity index (χ1n) is 6.77. The molecule has 0 saturated heterocycles. The molecule has 1 atom stereocenters. The molecule has 4 heteroatoms. The van der Waals surface area contributed by atoms with Gasteiger partial charge in [-0.25, -0.2) is 4.39 Å². The zero-order valence-electron chi connectivity index (χ0n) is 11.9. The maximum absolute atomic E-state index is 13.2. The van der Waals surface area contributed by atoms with Crippen LogP contribution in [-0.4, -0.2) is 12.0 Å². The van der Waals surface area contributed by atoms with Gasteiger partial charge in [-0.2, -0.15) is 0 Å². The van der Waals surface area contributed by atoms with Crippen LogP contribution in [0.4, 0.5) is 10.1 Å². The first-order chi connectivity index (χ1) is 9.60. The molecule has 1 heterocycles. The predicted octanol–water partition coefficient (Wildman–Crippen LogP) is 3.27. The Balaban J connectivity index is 2.07. The third-order valence-corrected chi connectivity index (χ3v) is 3.34. The smallest absolute Gasteiger partial charge is 0.123 e. The number of pyridine rings is 1. The number of hydrogen-bond acceptors (Lipinski definition) is 3. The van der Waals surface area contributed by atoms with Crippen LogP contribution in [0.1, 0.15) is 30.6 Å². The number of rotatable bonds is 5. The molecule has 0 aliphatic rings. The molecule has 2 N–H and O–H groups in total. The largest absolute Gasteiger partial charge is 0.369 e. The fraction of sp³-hybridized carbons (Fsp3) is 0.312. The number of anilines is 1. The summed E-state index contributed by atoms with van der Waals surface area (Å²) in [7, 11) is 1.96. The standard InChI is InChI=1S/C16H20FN3/c1-3-15(18)16-8-7-14(10-19-16)20(2)11-12-5-4-6-13(17)9-12/h4-10,15H,3,11,18H2,1-2H3/t15-/m1/s1. The zero-order chi connectivity index (χ0) is 14.5. The van der Waals surface area contributed by atoms with Gasteiger partial charge in [0.25, 0.3) is 0 Å². The molecule has 2 aromatic rings. The lowest BCUT2D eigenvalue weighted by molar-refractivity contribution is 0.625. The van der Waals surface area contributed by atoms with Crippen LogP contribution in [0.15, 0.2) is 42.6 Å². The molecule has 0 aliphatic heterocycles. The fourth-order valence-corrected chi connectivity index (χ4v) is 2.05. The number of aromatic nitrogens is 1. The molecular formula is C16H20FN3. The Hall–Kier alpha value is -1.94. The van der Waals surface area contributed by atoms with Gasteiger partial charge in [0.15, 0.2) is 0 Å². The van der Waals surface area contributed by atoms with Crippen molar-refractivity contribution in [1.29, 1.82) is 0 Å². The van der Waals surface area contributed by atoms with Gasteiger partial charge in [-0.05, 0) is 36.2 Å². The topological polar surface area (TPSA) is 42.1 Å². The average molecular weight is 273 g/mol. The van der Waals surface area contributed by atoms with E-state index in [1.165, 1.54) is 6.07 Å². The minimum absolute atomic E-state index is 0.0161. The van der Waals surface area contributed by atoms with Gasteiger partial charge in [-0.3, -0.25) is 4.98 Å². The van der Waals surface area contributed by atoms with E-state index in [1.54, 1.807) is 12.1 Å². The summed E-state index contributed by atoms with van der Waals surface area (Å²) in [5.41, 5.74) is 8.76. The number of halogens is 1. The number of nitrogens with two attached hydrogens (primary N) is 1. The highest BCUT2D eigenvalue weighted by Crippen LogP contribution is 2.18. The van der Waals surface area contributed by atoms with Crippen molar-refractivity contribution in [2.45, 2.75) is 25.9 Å². The Morgan fingerprint density at radius 2 is 2.10 bits per heavy atom. The normalized spacial score (nSPS) is 12.2. The summed E-state index contributed by atoms with van der Waals surface area (Å²) in [6.07, 6.45) is 2.68. The Morgan fingerprint density at radius 1 is 1.30 bits per heavy atom. The third-order valence-electron chi connectivity index (χ3n) is 3.34. The average Bonchev–Trinajstić information content (AvgIpc) is 2.46. The molecule has 1 aromatic heterocycles. The van der Waals surface area contributed by atoms with E-state index in [4.69, 9.17) is 5.73 Å². The minimum atomic E-state index is -0.210. The summed E-state index contributed by atoms with van der Waals surface area (Å²) < 4.78 is 13.2. The highest BCUT2D eigenvalue weighted by Gasteiger charge is 2.07. The molecule has 20 heavy (non-hydrogen) atoms. The molecule has 0 unspecified atom stereocenters. The molecule has 0 saturated carbocycles. The van der Waals surface area contributed by atoms with E-state index in [0.717, 1.165) is 23.4 Å². The monoisotopic (exact) mass is 273 g/mol. The van der Waals surface area contributed by atoms with Crippen LogP contribution < -0.4 is 10.6 Å². The van der Waals surface area contributed by atoms with Crippen LogP contribution in [0.25, 0.3) is 0 Å². The van der Waals surface area contributed by atoms with Crippen LogP contribution in [-0.2, 0) is 6.54 Å². The summed E-state index contributed by atoms with van der Waals surface area (Å²) in [6.45, 7) is 2.68. The van der Waals surface area contributed by atoms with Crippen molar-refractivity contribution in [1.82, 2.24) is 4.98 Å².